The minimum absolute atomic E-state index is 0.0656. The van der Waals surface area contributed by atoms with E-state index in [0.29, 0.717) is 18.7 Å². The van der Waals surface area contributed by atoms with Crippen LogP contribution in [0.1, 0.15) is 28.8 Å². The highest BCUT2D eigenvalue weighted by atomic mass is 16.6. The standard InChI is InChI=1S/C14H18N2O4/c1-10-2-3-12(16(19)20)8-13(10)14(18)15-6-4-11(9-17)5-7-15/h2-3,8,11,17H,4-7,9H2,1H3. The van der Waals surface area contributed by atoms with Gasteiger partial charge in [0.05, 0.1) is 4.92 Å². The van der Waals surface area contributed by atoms with Gasteiger partial charge in [0, 0.05) is 37.4 Å². The Hall–Kier alpha value is -1.95. The smallest absolute Gasteiger partial charge is 0.270 e. The second-order valence-corrected chi connectivity index (χ2v) is 5.17. The molecule has 1 amide bonds. The third-order valence-corrected chi connectivity index (χ3v) is 3.82. The fourth-order valence-electron chi connectivity index (χ4n) is 2.44. The van der Waals surface area contributed by atoms with E-state index in [9.17, 15) is 14.9 Å². The second kappa shape index (κ2) is 6.00. The summed E-state index contributed by atoms with van der Waals surface area (Å²) in [6, 6.07) is 4.35. The van der Waals surface area contributed by atoms with Gasteiger partial charge in [-0.15, -0.1) is 0 Å². The zero-order chi connectivity index (χ0) is 14.7. The number of likely N-dealkylation sites (tertiary alicyclic amines) is 1. The first-order valence-corrected chi connectivity index (χ1v) is 6.68. The molecule has 1 saturated heterocycles. The highest BCUT2D eigenvalue weighted by Crippen LogP contribution is 2.22. The fraction of sp³-hybridized carbons (Fsp3) is 0.500. The van der Waals surface area contributed by atoms with Crippen LogP contribution in [0.2, 0.25) is 0 Å². The Morgan fingerprint density at radius 1 is 1.45 bits per heavy atom. The van der Waals surface area contributed by atoms with Gasteiger partial charge < -0.3 is 10.0 Å². The average molecular weight is 278 g/mol. The number of carbonyl (C=O) groups is 1. The van der Waals surface area contributed by atoms with E-state index in [-0.39, 0.29) is 24.1 Å². The van der Waals surface area contributed by atoms with Crippen LogP contribution in [-0.4, -0.2) is 40.5 Å². The topological polar surface area (TPSA) is 83.7 Å². The summed E-state index contributed by atoms with van der Waals surface area (Å²) in [4.78, 5) is 24.4. The van der Waals surface area contributed by atoms with Crippen molar-refractivity contribution >= 4 is 11.6 Å². The van der Waals surface area contributed by atoms with Gasteiger partial charge in [-0.2, -0.15) is 0 Å². The predicted molar refractivity (Wildman–Crippen MR) is 73.5 cm³/mol. The fourth-order valence-corrected chi connectivity index (χ4v) is 2.44. The number of nitro groups is 1. The van der Waals surface area contributed by atoms with Crippen LogP contribution in [0.4, 0.5) is 5.69 Å². The van der Waals surface area contributed by atoms with Crippen LogP contribution < -0.4 is 0 Å². The van der Waals surface area contributed by atoms with Gasteiger partial charge >= 0.3 is 0 Å². The lowest BCUT2D eigenvalue weighted by molar-refractivity contribution is -0.384. The number of amides is 1. The monoisotopic (exact) mass is 278 g/mol. The summed E-state index contributed by atoms with van der Waals surface area (Å²) >= 11 is 0. The summed E-state index contributed by atoms with van der Waals surface area (Å²) in [6.45, 7) is 3.10. The molecule has 1 aromatic rings. The third kappa shape index (κ3) is 2.96. The number of rotatable bonds is 3. The maximum atomic E-state index is 12.4. The van der Waals surface area contributed by atoms with E-state index in [1.54, 1.807) is 17.9 Å². The van der Waals surface area contributed by atoms with Gasteiger partial charge in [0.15, 0.2) is 0 Å². The number of aliphatic hydroxyl groups excluding tert-OH is 1. The summed E-state index contributed by atoms with van der Waals surface area (Å²) in [6.07, 6.45) is 1.55. The molecule has 0 aliphatic carbocycles. The molecule has 6 nitrogen and oxygen atoms in total. The first-order valence-electron chi connectivity index (χ1n) is 6.68. The van der Waals surface area contributed by atoms with Crippen molar-refractivity contribution in [3.8, 4) is 0 Å². The number of hydrogen-bond donors (Lipinski definition) is 1. The Morgan fingerprint density at radius 2 is 2.10 bits per heavy atom. The summed E-state index contributed by atoms with van der Waals surface area (Å²) in [5, 5.41) is 19.9. The van der Waals surface area contributed by atoms with E-state index in [1.807, 2.05) is 0 Å². The van der Waals surface area contributed by atoms with Gasteiger partial charge in [-0.25, -0.2) is 0 Å². The van der Waals surface area contributed by atoms with E-state index >= 15 is 0 Å². The largest absolute Gasteiger partial charge is 0.396 e. The Balaban J connectivity index is 2.17. The second-order valence-electron chi connectivity index (χ2n) is 5.17. The van der Waals surface area contributed by atoms with Gasteiger partial charge in [-0.3, -0.25) is 14.9 Å². The van der Waals surface area contributed by atoms with Crippen molar-refractivity contribution in [2.24, 2.45) is 5.92 Å². The number of non-ortho nitro benzene ring substituents is 1. The molecule has 2 rings (SSSR count). The molecule has 0 aromatic heterocycles. The van der Waals surface area contributed by atoms with E-state index in [1.165, 1.54) is 12.1 Å². The van der Waals surface area contributed by atoms with E-state index in [4.69, 9.17) is 5.11 Å². The lowest BCUT2D eigenvalue weighted by Crippen LogP contribution is -2.39. The van der Waals surface area contributed by atoms with Crippen molar-refractivity contribution in [1.82, 2.24) is 4.90 Å². The van der Waals surface area contributed by atoms with Crippen LogP contribution in [0, 0.1) is 23.0 Å². The number of aryl methyl sites for hydroxylation is 1. The molecule has 0 saturated carbocycles. The first-order chi connectivity index (χ1) is 9.52. The predicted octanol–water partition coefficient (Wildman–Crippen LogP) is 1.75. The number of benzene rings is 1. The number of nitrogens with zero attached hydrogens (tertiary/aromatic N) is 2. The molecule has 6 heteroatoms. The molecule has 1 aliphatic heterocycles. The van der Waals surface area contributed by atoms with Gasteiger partial charge in [0.25, 0.3) is 11.6 Å². The molecule has 0 unspecified atom stereocenters. The van der Waals surface area contributed by atoms with Crippen LogP contribution in [0.5, 0.6) is 0 Å². The Labute approximate surface area is 117 Å². The van der Waals surface area contributed by atoms with Crippen LogP contribution in [-0.2, 0) is 0 Å². The quantitative estimate of drug-likeness (QED) is 0.674. The molecule has 0 radical (unpaired) electrons. The normalized spacial score (nSPS) is 16.2. The van der Waals surface area contributed by atoms with Crippen molar-refractivity contribution in [1.29, 1.82) is 0 Å². The van der Waals surface area contributed by atoms with Gasteiger partial charge in [0.1, 0.15) is 0 Å². The van der Waals surface area contributed by atoms with E-state index < -0.39 is 4.92 Å². The molecule has 0 spiro atoms. The van der Waals surface area contributed by atoms with Crippen LogP contribution in [0.15, 0.2) is 18.2 Å². The highest BCUT2D eigenvalue weighted by Gasteiger charge is 2.25. The molecule has 0 atom stereocenters. The van der Waals surface area contributed by atoms with Crippen LogP contribution >= 0.6 is 0 Å². The Bertz CT molecular complexity index is 522. The minimum atomic E-state index is -0.492. The summed E-state index contributed by atoms with van der Waals surface area (Å²) < 4.78 is 0. The molecule has 1 heterocycles. The molecular formula is C14H18N2O4. The average Bonchev–Trinajstić information content (AvgIpc) is 2.47. The number of hydrogen-bond acceptors (Lipinski definition) is 4. The Kier molecular flexibility index (Phi) is 4.34. The van der Waals surface area contributed by atoms with Gasteiger partial charge in [-0.05, 0) is 31.2 Å². The zero-order valence-corrected chi connectivity index (χ0v) is 11.4. The molecule has 1 aromatic carbocycles. The summed E-state index contributed by atoms with van der Waals surface area (Å²) in [7, 11) is 0. The minimum Gasteiger partial charge on any atom is -0.396 e. The third-order valence-electron chi connectivity index (χ3n) is 3.82. The zero-order valence-electron chi connectivity index (χ0n) is 11.4. The van der Waals surface area contributed by atoms with Crippen molar-refractivity contribution < 1.29 is 14.8 Å². The number of carbonyl (C=O) groups excluding carboxylic acids is 1. The van der Waals surface area contributed by atoms with Crippen molar-refractivity contribution in [3.05, 3.63) is 39.4 Å². The van der Waals surface area contributed by atoms with Gasteiger partial charge in [-0.1, -0.05) is 6.07 Å². The lowest BCUT2D eigenvalue weighted by atomic mass is 9.97. The molecule has 20 heavy (non-hydrogen) atoms. The van der Waals surface area contributed by atoms with Gasteiger partial charge in [0.2, 0.25) is 0 Å². The first kappa shape index (κ1) is 14.5. The molecule has 0 bridgehead atoms. The maximum absolute atomic E-state index is 12.4. The number of aliphatic hydroxyl groups is 1. The number of nitro benzene ring substituents is 1. The molecule has 1 N–H and O–H groups in total. The Morgan fingerprint density at radius 3 is 2.65 bits per heavy atom. The van der Waals surface area contributed by atoms with Crippen molar-refractivity contribution in [2.75, 3.05) is 19.7 Å². The molecule has 1 aliphatic rings. The lowest BCUT2D eigenvalue weighted by Gasteiger charge is -2.31. The SMILES string of the molecule is Cc1ccc([N+](=O)[O-])cc1C(=O)N1CCC(CO)CC1. The van der Waals surface area contributed by atoms with Crippen LogP contribution in [0.3, 0.4) is 0 Å². The molecule has 108 valence electrons. The summed E-state index contributed by atoms with van der Waals surface area (Å²) in [5.74, 6) is 0.0906. The van der Waals surface area contributed by atoms with Crippen molar-refractivity contribution in [2.45, 2.75) is 19.8 Å². The number of piperidine rings is 1. The maximum Gasteiger partial charge on any atom is 0.270 e. The summed E-state index contributed by atoms with van der Waals surface area (Å²) in [5.41, 5.74) is 1.07. The van der Waals surface area contributed by atoms with E-state index in [2.05, 4.69) is 0 Å². The van der Waals surface area contributed by atoms with Crippen LogP contribution in [0.25, 0.3) is 0 Å². The molecule has 1 fully saturated rings. The van der Waals surface area contributed by atoms with Crippen molar-refractivity contribution in [3.63, 3.8) is 0 Å². The van der Waals surface area contributed by atoms with E-state index in [0.717, 1.165) is 18.4 Å². The highest BCUT2D eigenvalue weighted by molar-refractivity contribution is 5.96. The molecular weight excluding hydrogens is 260 g/mol.